The normalized spacial score (nSPS) is 17.7. The van der Waals surface area contributed by atoms with Crippen LogP contribution < -0.4 is 0 Å². The first-order valence-electron chi connectivity index (χ1n) is 7.39. The molecule has 0 bridgehead atoms. The van der Waals surface area contributed by atoms with E-state index in [4.69, 9.17) is 9.47 Å². The molecule has 1 unspecified atom stereocenters. The lowest BCUT2D eigenvalue weighted by Crippen LogP contribution is -2.42. The second-order valence-corrected chi connectivity index (χ2v) is 5.45. The highest BCUT2D eigenvalue weighted by Crippen LogP contribution is 2.19. The van der Waals surface area contributed by atoms with Crippen molar-refractivity contribution in [3.05, 3.63) is 48.2 Å². The lowest BCUT2D eigenvalue weighted by atomic mass is 9.98. The van der Waals surface area contributed by atoms with E-state index >= 15 is 0 Å². The number of hydrogen-bond donors (Lipinski definition) is 0. The predicted molar refractivity (Wildman–Crippen MR) is 81.8 cm³/mol. The van der Waals surface area contributed by atoms with Gasteiger partial charge in [-0.2, -0.15) is 0 Å². The molecule has 2 rings (SSSR count). The Bertz CT molecular complexity index is 541. The van der Waals surface area contributed by atoms with E-state index in [2.05, 4.69) is 6.58 Å². The Balaban J connectivity index is 1.84. The standard InChI is InChI=1S/C17H21NO4/c1-13(2)22-16(19)15-9-6-10-18(11-15)17(20)21-12-14-7-4-3-5-8-14/h3-5,7-8,15H,1,6,9-12H2,2H3. The average Bonchev–Trinajstić information content (AvgIpc) is 2.53. The zero-order valence-corrected chi connectivity index (χ0v) is 12.8. The molecule has 1 fully saturated rings. The number of allylic oxidation sites excluding steroid dienone is 1. The van der Waals surface area contributed by atoms with Crippen molar-refractivity contribution in [1.82, 2.24) is 4.90 Å². The Kier molecular flexibility index (Phi) is 5.58. The summed E-state index contributed by atoms with van der Waals surface area (Å²) < 4.78 is 10.3. The number of rotatable bonds is 4. The van der Waals surface area contributed by atoms with Crippen molar-refractivity contribution in [2.45, 2.75) is 26.4 Å². The molecule has 0 radical (unpaired) electrons. The third-order valence-electron chi connectivity index (χ3n) is 3.49. The van der Waals surface area contributed by atoms with Crippen LogP contribution in [0.25, 0.3) is 0 Å². The van der Waals surface area contributed by atoms with Gasteiger partial charge in [0.15, 0.2) is 0 Å². The number of carbonyl (C=O) groups is 2. The number of carbonyl (C=O) groups excluding carboxylic acids is 2. The Morgan fingerprint density at radius 1 is 1.32 bits per heavy atom. The van der Waals surface area contributed by atoms with E-state index < -0.39 is 6.09 Å². The van der Waals surface area contributed by atoms with Crippen molar-refractivity contribution in [3.63, 3.8) is 0 Å². The smallest absolute Gasteiger partial charge is 0.410 e. The summed E-state index contributed by atoms with van der Waals surface area (Å²) in [6.07, 6.45) is 1.09. The molecule has 118 valence electrons. The Morgan fingerprint density at radius 3 is 2.73 bits per heavy atom. The summed E-state index contributed by atoms with van der Waals surface area (Å²) in [6, 6.07) is 9.50. The fraction of sp³-hybridized carbons (Fsp3) is 0.412. The summed E-state index contributed by atoms with van der Waals surface area (Å²) >= 11 is 0. The van der Waals surface area contributed by atoms with Crippen LogP contribution in [0.4, 0.5) is 4.79 Å². The van der Waals surface area contributed by atoms with Gasteiger partial charge in [0.2, 0.25) is 0 Å². The van der Waals surface area contributed by atoms with Gasteiger partial charge in [-0.3, -0.25) is 4.79 Å². The van der Waals surface area contributed by atoms with Crippen molar-refractivity contribution < 1.29 is 19.1 Å². The van der Waals surface area contributed by atoms with Gasteiger partial charge in [-0.25, -0.2) is 4.79 Å². The minimum Gasteiger partial charge on any atom is -0.445 e. The van der Waals surface area contributed by atoms with Crippen LogP contribution >= 0.6 is 0 Å². The molecule has 0 saturated carbocycles. The van der Waals surface area contributed by atoms with Crippen LogP contribution in [0.2, 0.25) is 0 Å². The quantitative estimate of drug-likeness (QED) is 0.633. The van der Waals surface area contributed by atoms with E-state index in [0.717, 1.165) is 12.0 Å². The van der Waals surface area contributed by atoms with Gasteiger partial charge in [-0.15, -0.1) is 0 Å². The molecular formula is C17H21NO4. The van der Waals surface area contributed by atoms with Crippen molar-refractivity contribution in [1.29, 1.82) is 0 Å². The zero-order valence-electron chi connectivity index (χ0n) is 12.8. The molecule has 1 amide bonds. The first-order valence-corrected chi connectivity index (χ1v) is 7.39. The maximum Gasteiger partial charge on any atom is 0.410 e. The van der Waals surface area contributed by atoms with Gasteiger partial charge in [0.05, 0.1) is 11.7 Å². The van der Waals surface area contributed by atoms with Crippen LogP contribution in [0.15, 0.2) is 42.7 Å². The molecule has 5 nitrogen and oxygen atoms in total. The van der Waals surface area contributed by atoms with Crippen LogP contribution in [0.5, 0.6) is 0 Å². The number of likely N-dealkylation sites (tertiary alicyclic amines) is 1. The summed E-state index contributed by atoms with van der Waals surface area (Å²) in [6.45, 7) is 6.36. The van der Waals surface area contributed by atoms with Crippen molar-refractivity contribution in [3.8, 4) is 0 Å². The van der Waals surface area contributed by atoms with E-state index in [1.54, 1.807) is 11.8 Å². The second kappa shape index (κ2) is 7.64. The van der Waals surface area contributed by atoms with Gasteiger partial charge in [-0.1, -0.05) is 36.9 Å². The van der Waals surface area contributed by atoms with Gasteiger partial charge >= 0.3 is 12.1 Å². The van der Waals surface area contributed by atoms with E-state index in [1.807, 2.05) is 30.3 Å². The zero-order chi connectivity index (χ0) is 15.9. The van der Waals surface area contributed by atoms with Gasteiger partial charge < -0.3 is 14.4 Å². The number of benzene rings is 1. The molecule has 0 aromatic heterocycles. The van der Waals surface area contributed by atoms with E-state index in [1.165, 1.54) is 0 Å². The molecular weight excluding hydrogens is 282 g/mol. The molecule has 5 heteroatoms. The highest BCUT2D eigenvalue weighted by molar-refractivity contribution is 5.75. The van der Waals surface area contributed by atoms with Crippen molar-refractivity contribution in [2.75, 3.05) is 13.1 Å². The van der Waals surface area contributed by atoms with Crippen LogP contribution in [-0.4, -0.2) is 30.1 Å². The number of amides is 1. The highest BCUT2D eigenvalue weighted by atomic mass is 16.6. The molecule has 0 aliphatic carbocycles. The number of ether oxygens (including phenoxy) is 2. The van der Waals surface area contributed by atoms with E-state index in [9.17, 15) is 9.59 Å². The van der Waals surface area contributed by atoms with Gasteiger partial charge in [0.1, 0.15) is 6.61 Å². The van der Waals surface area contributed by atoms with E-state index in [0.29, 0.717) is 25.3 Å². The van der Waals surface area contributed by atoms with Crippen LogP contribution in [-0.2, 0) is 20.9 Å². The van der Waals surface area contributed by atoms with Crippen LogP contribution in [0, 0.1) is 5.92 Å². The first-order chi connectivity index (χ1) is 10.6. The number of piperidine rings is 1. The highest BCUT2D eigenvalue weighted by Gasteiger charge is 2.30. The van der Waals surface area contributed by atoms with Gasteiger partial charge in [0, 0.05) is 13.1 Å². The largest absolute Gasteiger partial charge is 0.445 e. The molecule has 1 aliphatic heterocycles. The molecule has 0 spiro atoms. The Labute approximate surface area is 130 Å². The number of hydrogen-bond acceptors (Lipinski definition) is 4. The van der Waals surface area contributed by atoms with Crippen LogP contribution in [0.1, 0.15) is 25.3 Å². The molecule has 22 heavy (non-hydrogen) atoms. The summed E-state index contributed by atoms with van der Waals surface area (Å²) in [7, 11) is 0. The van der Waals surface area contributed by atoms with Gasteiger partial charge in [-0.05, 0) is 25.3 Å². The number of nitrogens with zero attached hydrogens (tertiary/aromatic N) is 1. The molecule has 1 aromatic carbocycles. The van der Waals surface area contributed by atoms with E-state index in [-0.39, 0.29) is 18.5 Å². The molecule has 0 N–H and O–H groups in total. The predicted octanol–water partition coefficient (Wildman–Crippen LogP) is 3.11. The fourth-order valence-corrected chi connectivity index (χ4v) is 2.40. The SMILES string of the molecule is C=C(C)OC(=O)C1CCCN(C(=O)OCc2ccccc2)C1. The average molecular weight is 303 g/mol. The molecule has 1 aromatic rings. The molecule has 1 atom stereocenters. The molecule has 1 heterocycles. The summed E-state index contributed by atoms with van der Waals surface area (Å²) in [5.74, 6) is -0.267. The third kappa shape index (κ3) is 4.62. The van der Waals surface area contributed by atoms with Crippen LogP contribution in [0.3, 0.4) is 0 Å². The van der Waals surface area contributed by atoms with Gasteiger partial charge in [0.25, 0.3) is 0 Å². The minimum absolute atomic E-state index is 0.233. The third-order valence-corrected chi connectivity index (χ3v) is 3.49. The maximum atomic E-state index is 12.1. The fourth-order valence-electron chi connectivity index (χ4n) is 2.40. The van der Waals surface area contributed by atoms with Crippen molar-refractivity contribution >= 4 is 12.1 Å². The Morgan fingerprint density at radius 2 is 2.05 bits per heavy atom. The second-order valence-electron chi connectivity index (χ2n) is 5.45. The maximum absolute atomic E-state index is 12.1. The monoisotopic (exact) mass is 303 g/mol. The summed E-state index contributed by atoms with van der Waals surface area (Å²) in [5.41, 5.74) is 0.936. The topological polar surface area (TPSA) is 55.8 Å². The number of esters is 1. The lowest BCUT2D eigenvalue weighted by Gasteiger charge is -2.30. The molecule has 1 aliphatic rings. The lowest BCUT2D eigenvalue weighted by molar-refractivity contribution is -0.145. The molecule has 1 saturated heterocycles. The summed E-state index contributed by atoms with van der Waals surface area (Å²) in [5, 5.41) is 0. The minimum atomic E-state index is -0.392. The van der Waals surface area contributed by atoms with Crippen molar-refractivity contribution in [2.24, 2.45) is 5.92 Å². The first kappa shape index (κ1) is 16.1. The summed E-state index contributed by atoms with van der Waals surface area (Å²) in [4.78, 5) is 25.6. The Hall–Kier alpha value is -2.30.